The van der Waals surface area contributed by atoms with Crippen LogP contribution in [0.2, 0.25) is 0 Å². The second kappa shape index (κ2) is 5.15. The molecule has 0 spiro atoms. The van der Waals surface area contributed by atoms with Gasteiger partial charge in [0, 0.05) is 6.04 Å². The summed E-state index contributed by atoms with van der Waals surface area (Å²) in [5, 5.41) is 0. The number of carbonyl (C=O) groups excluding carboxylic acids is 1. The Hall–Kier alpha value is -0.830. The Balaban J connectivity index is 2.29. The second-order valence-electron chi connectivity index (χ2n) is 3.98. The van der Waals surface area contributed by atoms with Gasteiger partial charge in [0.25, 0.3) is 0 Å². The fourth-order valence-corrected chi connectivity index (χ4v) is 1.92. The van der Waals surface area contributed by atoms with Crippen LogP contribution in [0.5, 0.6) is 0 Å². The molecule has 0 amide bonds. The molecule has 14 heavy (non-hydrogen) atoms. The summed E-state index contributed by atoms with van der Waals surface area (Å²) in [6.07, 6.45) is 3.76. The van der Waals surface area contributed by atoms with Crippen molar-refractivity contribution in [3.63, 3.8) is 0 Å². The molecule has 0 bridgehead atoms. The predicted octanol–water partition coefficient (Wildman–Crippen LogP) is 1.59. The first-order chi connectivity index (χ1) is 6.63. The number of esters is 1. The molecular weight excluding hydrogens is 178 g/mol. The van der Waals surface area contributed by atoms with E-state index in [-0.39, 0.29) is 5.97 Å². The summed E-state index contributed by atoms with van der Waals surface area (Å²) in [5.74, 6) is -0.185. The third kappa shape index (κ3) is 3.14. The maximum atomic E-state index is 11.0. The number of rotatable bonds is 4. The van der Waals surface area contributed by atoms with Crippen molar-refractivity contribution in [1.29, 1.82) is 0 Å². The van der Waals surface area contributed by atoms with E-state index in [4.69, 9.17) is 0 Å². The maximum absolute atomic E-state index is 11.0. The Kier molecular flexibility index (Phi) is 4.14. The van der Waals surface area contributed by atoms with Crippen LogP contribution in [-0.4, -0.2) is 37.6 Å². The lowest BCUT2D eigenvalue weighted by atomic mass is 10.0. The number of hydrogen-bond donors (Lipinski definition) is 0. The van der Waals surface area contributed by atoms with E-state index in [1.165, 1.54) is 20.0 Å². The summed E-state index contributed by atoms with van der Waals surface area (Å²) in [6.45, 7) is 5.08. The first-order valence-electron chi connectivity index (χ1n) is 5.07. The van der Waals surface area contributed by atoms with Crippen LogP contribution < -0.4 is 0 Å². The quantitative estimate of drug-likeness (QED) is 0.506. The summed E-state index contributed by atoms with van der Waals surface area (Å²) in [6, 6.07) is 0.576. The number of ether oxygens (including phenoxy) is 1. The molecule has 0 radical (unpaired) electrons. The van der Waals surface area contributed by atoms with Crippen molar-refractivity contribution >= 4 is 5.97 Å². The van der Waals surface area contributed by atoms with Crippen LogP contribution in [0, 0.1) is 0 Å². The third-order valence-electron chi connectivity index (χ3n) is 2.82. The van der Waals surface area contributed by atoms with Crippen LogP contribution in [0.3, 0.4) is 0 Å². The molecule has 80 valence electrons. The Bertz CT molecular complexity index is 225. The average Bonchev–Trinajstić information content (AvgIpc) is 2.51. The fourth-order valence-electron chi connectivity index (χ4n) is 1.92. The minimum atomic E-state index is -0.185. The minimum absolute atomic E-state index is 0.185. The van der Waals surface area contributed by atoms with Crippen molar-refractivity contribution in [2.45, 2.75) is 31.7 Å². The molecule has 1 fully saturated rings. The topological polar surface area (TPSA) is 29.5 Å². The fraction of sp³-hybridized carbons (Fsp3) is 0.727. The van der Waals surface area contributed by atoms with E-state index in [9.17, 15) is 4.79 Å². The lowest BCUT2D eigenvalue weighted by Crippen LogP contribution is -2.25. The van der Waals surface area contributed by atoms with Gasteiger partial charge in [0.1, 0.15) is 0 Å². The van der Waals surface area contributed by atoms with Crippen molar-refractivity contribution in [1.82, 2.24) is 4.90 Å². The smallest absolute Gasteiger partial charge is 0.309 e. The highest BCUT2D eigenvalue weighted by Crippen LogP contribution is 2.22. The first kappa shape index (κ1) is 11.2. The Labute approximate surface area is 85.7 Å². The standard InChI is InChI=1S/C11H19NO2/c1-9(8-11(13)14-3)7-10-5-4-6-12(10)2/h10H,1,4-8H2,2-3H3. The average molecular weight is 197 g/mol. The molecule has 0 aliphatic carbocycles. The van der Waals surface area contributed by atoms with E-state index in [1.807, 2.05) is 0 Å². The molecule has 3 nitrogen and oxygen atoms in total. The largest absolute Gasteiger partial charge is 0.469 e. The molecule has 0 aromatic heterocycles. The predicted molar refractivity (Wildman–Crippen MR) is 56.0 cm³/mol. The zero-order valence-corrected chi connectivity index (χ0v) is 9.08. The van der Waals surface area contributed by atoms with Gasteiger partial charge in [-0.1, -0.05) is 12.2 Å². The Morgan fingerprint density at radius 1 is 1.64 bits per heavy atom. The number of likely N-dealkylation sites (tertiary alicyclic amines) is 1. The molecule has 1 aliphatic rings. The van der Waals surface area contributed by atoms with Crippen LogP contribution >= 0.6 is 0 Å². The molecule has 0 saturated carbocycles. The molecule has 1 rings (SSSR count). The molecular formula is C11H19NO2. The van der Waals surface area contributed by atoms with Gasteiger partial charge >= 0.3 is 5.97 Å². The molecule has 1 unspecified atom stereocenters. The van der Waals surface area contributed by atoms with Crippen LogP contribution in [-0.2, 0) is 9.53 Å². The lowest BCUT2D eigenvalue weighted by Gasteiger charge is -2.19. The highest BCUT2D eigenvalue weighted by atomic mass is 16.5. The summed E-state index contributed by atoms with van der Waals surface area (Å²) in [5.41, 5.74) is 0.982. The molecule has 0 aromatic carbocycles. The summed E-state index contributed by atoms with van der Waals surface area (Å²) in [7, 11) is 3.54. The molecule has 1 saturated heterocycles. The van der Waals surface area contributed by atoms with Crippen molar-refractivity contribution in [2.24, 2.45) is 0 Å². The molecule has 0 N–H and O–H groups in total. The Morgan fingerprint density at radius 3 is 2.86 bits per heavy atom. The van der Waals surface area contributed by atoms with Gasteiger partial charge < -0.3 is 9.64 Å². The van der Waals surface area contributed by atoms with Gasteiger partial charge in [-0.2, -0.15) is 0 Å². The zero-order valence-electron chi connectivity index (χ0n) is 9.08. The molecule has 1 atom stereocenters. The number of hydrogen-bond acceptors (Lipinski definition) is 3. The first-order valence-corrected chi connectivity index (χ1v) is 5.07. The van der Waals surface area contributed by atoms with Gasteiger partial charge in [-0.3, -0.25) is 4.79 Å². The van der Waals surface area contributed by atoms with Crippen molar-refractivity contribution in [3.8, 4) is 0 Å². The van der Waals surface area contributed by atoms with Gasteiger partial charge in [-0.15, -0.1) is 0 Å². The number of methoxy groups -OCH3 is 1. The van der Waals surface area contributed by atoms with E-state index < -0.39 is 0 Å². The minimum Gasteiger partial charge on any atom is -0.469 e. The van der Waals surface area contributed by atoms with Crippen LogP contribution in [0.25, 0.3) is 0 Å². The number of nitrogens with zero attached hydrogens (tertiary/aromatic N) is 1. The molecule has 1 aliphatic heterocycles. The van der Waals surface area contributed by atoms with Crippen LogP contribution in [0.15, 0.2) is 12.2 Å². The van der Waals surface area contributed by atoms with Crippen LogP contribution in [0.4, 0.5) is 0 Å². The normalized spacial score (nSPS) is 22.3. The summed E-state index contributed by atoms with van der Waals surface area (Å²) < 4.78 is 4.60. The van der Waals surface area contributed by atoms with E-state index in [1.54, 1.807) is 0 Å². The molecule has 1 heterocycles. The molecule has 3 heteroatoms. The second-order valence-corrected chi connectivity index (χ2v) is 3.98. The van der Waals surface area contributed by atoms with Gasteiger partial charge in [-0.05, 0) is 32.9 Å². The lowest BCUT2D eigenvalue weighted by molar-refractivity contribution is -0.139. The third-order valence-corrected chi connectivity index (χ3v) is 2.82. The highest BCUT2D eigenvalue weighted by Gasteiger charge is 2.21. The van der Waals surface area contributed by atoms with E-state index >= 15 is 0 Å². The highest BCUT2D eigenvalue weighted by molar-refractivity contribution is 5.72. The van der Waals surface area contributed by atoms with Crippen LogP contribution in [0.1, 0.15) is 25.7 Å². The monoisotopic (exact) mass is 197 g/mol. The molecule has 0 aromatic rings. The van der Waals surface area contributed by atoms with E-state index in [2.05, 4.69) is 23.3 Å². The van der Waals surface area contributed by atoms with Gasteiger partial charge in [0.05, 0.1) is 13.5 Å². The Morgan fingerprint density at radius 2 is 2.36 bits per heavy atom. The number of carbonyl (C=O) groups is 1. The maximum Gasteiger partial charge on any atom is 0.309 e. The van der Waals surface area contributed by atoms with Gasteiger partial charge in [0.15, 0.2) is 0 Å². The van der Waals surface area contributed by atoms with Crippen molar-refractivity contribution in [3.05, 3.63) is 12.2 Å². The van der Waals surface area contributed by atoms with Crippen molar-refractivity contribution in [2.75, 3.05) is 20.7 Å². The summed E-state index contributed by atoms with van der Waals surface area (Å²) >= 11 is 0. The van der Waals surface area contributed by atoms with E-state index in [0.29, 0.717) is 12.5 Å². The summed E-state index contributed by atoms with van der Waals surface area (Å²) in [4.78, 5) is 13.3. The SMILES string of the molecule is C=C(CC(=O)OC)CC1CCCN1C. The van der Waals surface area contributed by atoms with E-state index in [0.717, 1.165) is 18.5 Å². The van der Waals surface area contributed by atoms with Crippen molar-refractivity contribution < 1.29 is 9.53 Å². The zero-order chi connectivity index (χ0) is 10.6. The van der Waals surface area contributed by atoms with Gasteiger partial charge in [-0.25, -0.2) is 0 Å². The van der Waals surface area contributed by atoms with Gasteiger partial charge in [0.2, 0.25) is 0 Å².